The van der Waals surface area contributed by atoms with Gasteiger partial charge in [-0.25, -0.2) is 4.98 Å². The number of carbonyl (C=O) groups is 1. The fourth-order valence-corrected chi connectivity index (χ4v) is 3.79. The lowest BCUT2D eigenvalue weighted by atomic mass is 10.1. The molecule has 0 saturated carbocycles. The molecule has 1 unspecified atom stereocenters. The minimum absolute atomic E-state index is 0.0945. The summed E-state index contributed by atoms with van der Waals surface area (Å²) in [5.41, 5.74) is 0.654. The molecule has 0 radical (unpaired) electrons. The predicted molar refractivity (Wildman–Crippen MR) is 116 cm³/mol. The number of ether oxygens (including phenoxy) is 1. The topological polar surface area (TPSA) is 98.3 Å². The molecule has 12 heteroatoms. The molecule has 9 nitrogen and oxygen atoms in total. The van der Waals surface area contributed by atoms with Crippen LogP contribution >= 0.6 is 0 Å². The highest BCUT2D eigenvalue weighted by molar-refractivity contribution is 5.91. The first-order valence-electron chi connectivity index (χ1n) is 10.9. The van der Waals surface area contributed by atoms with E-state index in [-0.39, 0.29) is 36.1 Å². The molecule has 182 valence electrons. The van der Waals surface area contributed by atoms with Crippen LogP contribution in [0.1, 0.15) is 48.1 Å². The maximum atomic E-state index is 12.8. The molecular weight excluding hydrogens is 453 g/mol. The van der Waals surface area contributed by atoms with E-state index in [9.17, 15) is 18.0 Å². The first-order valence-corrected chi connectivity index (χ1v) is 10.9. The van der Waals surface area contributed by atoms with E-state index in [1.165, 1.54) is 12.3 Å². The molecule has 1 atom stereocenters. The van der Waals surface area contributed by atoms with Crippen LogP contribution in [0.5, 0.6) is 5.88 Å². The standard InChI is InChI=1S/C22H25F3N6O3/c1-14(2)27-20(32)19-28-29-21(30-8-7-16(12-30)17-4-3-9-33-17)31(19)11-15-5-6-18(26-10-15)34-13-22(23,24)25/h3-6,9-10,14,16H,7-8,11-13H2,1-2H3,(H,27,32). The lowest BCUT2D eigenvalue weighted by Crippen LogP contribution is -2.33. The maximum absolute atomic E-state index is 12.8. The summed E-state index contributed by atoms with van der Waals surface area (Å²) in [6.07, 6.45) is -0.528. The van der Waals surface area contributed by atoms with Crippen LogP contribution in [-0.4, -0.2) is 57.6 Å². The molecule has 3 aromatic rings. The number of nitrogens with one attached hydrogen (secondary N) is 1. The minimum atomic E-state index is -4.44. The Hall–Kier alpha value is -3.57. The number of hydrogen-bond acceptors (Lipinski definition) is 7. The van der Waals surface area contributed by atoms with Crippen LogP contribution < -0.4 is 15.0 Å². The molecule has 4 heterocycles. The van der Waals surface area contributed by atoms with Gasteiger partial charge in [-0.3, -0.25) is 9.36 Å². The number of amides is 1. The van der Waals surface area contributed by atoms with Gasteiger partial charge in [0.25, 0.3) is 5.91 Å². The molecule has 0 aromatic carbocycles. The Morgan fingerprint density at radius 1 is 1.29 bits per heavy atom. The van der Waals surface area contributed by atoms with Crippen LogP contribution in [0, 0.1) is 0 Å². The number of pyridine rings is 1. The number of anilines is 1. The Bertz CT molecular complexity index is 1100. The van der Waals surface area contributed by atoms with Gasteiger partial charge in [0.05, 0.1) is 12.8 Å². The van der Waals surface area contributed by atoms with E-state index < -0.39 is 12.8 Å². The second-order valence-corrected chi connectivity index (χ2v) is 8.39. The molecule has 0 bridgehead atoms. The molecule has 0 aliphatic carbocycles. The summed E-state index contributed by atoms with van der Waals surface area (Å²) in [5, 5.41) is 11.2. The predicted octanol–water partition coefficient (Wildman–Crippen LogP) is 3.39. The van der Waals surface area contributed by atoms with Crippen molar-refractivity contribution in [3.05, 3.63) is 53.9 Å². The molecule has 1 saturated heterocycles. The van der Waals surface area contributed by atoms with Gasteiger partial charge in [-0.15, -0.1) is 10.2 Å². The van der Waals surface area contributed by atoms with E-state index in [0.29, 0.717) is 24.6 Å². The number of aromatic nitrogens is 4. The smallest absolute Gasteiger partial charge is 0.422 e. The number of furan rings is 1. The van der Waals surface area contributed by atoms with Gasteiger partial charge in [0.1, 0.15) is 5.76 Å². The molecule has 34 heavy (non-hydrogen) atoms. The van der Waals surface area contributed by atoms with E-state index in [1.54, 1.807) is 16.9 Å². The zero-order chi connectivity index (χ0) is 24.3. The number of alkyl halides is 3. The Kier molecular flexibility index (Phi) is 6.75. The van der Waals surface area contributed by atoms with E-state index in [2.05, 4.69) is 25.2 Å². The van der Waals surface area contributed by atoms with Crippen LogP contribution in [0.4, 0.5) is 19.1 Å². The lowest BCUT2D eigenvalue weighted by molar-refractivity contribution is -0.154. The summed E-state index contributed by atoms with van der Waals surface area (Å²) >= 11 is 0. The van der Waals surface area contributed by atoms with Crippen molar-refractivity contribution in [1.29, 1.82) is 0 Å². The molecular formula is C22H25F3N6O3. The van der Waals surface area contributed by atoms with E-state index in [1.807, 2.05) is 30.9 Å². The van der Waals surface area contributed by atoms with Gasteiger partial charge in [-0.2, -0.15) is 13.2 Å². The average Bonchev–Trinajstić information content (AvgIpc) is 3.52. The van der Waals surface area contributed by atoms with Crippen molar-refractivity contribution in [3.63, 3.8) is 0 Å². The minimum Gasteiger partial charge on any atom is -0.469 e. The lowest BCUT2D eigenvalue weighted by Gasteiger charge is -2.19. The monoisotopic (exact) mass is 478 g/mol. The SMILES string of the molecule is CC(C)NC(=O)c1nnc(N2CCC(c3ccco3)C2)n1Cc1ccc(OCC(F)(F)F)nc1. The number of nitrogens with zero attached hydrogens (tertiary/aromatic N) is 5. The molecule has 4 rings (SSSR count). The highest BCUT2D eigenvalue weighted by atomic mass is 19.4. The van der Waals surface area contributed by atoms with E-state index in [0.717, 1.165) is 12.2 Å². The number of halogens is 3. The van der Waals surface area contributed by atoms with Gasteiger partial charge >= 0.3 is 6.18 Å². The van der Waals surface area contributed by atoms with Crippen LogP contribution in [0.2, 0.25) is 0 Å². The van der Waals surface area contributed by atoms with Crippen molar-refractivity contribution in [1.82, 2.24) is 25.1 Å². The highest BCUT2D eigenvalue weighted by Gasteiger charge is 2.31. The van der Waals surface area contributed by atoms with E-state index in [4.69, 9.17) is 4.42 Å². The van der Waals surface area contributed by atoms with Gasteiger partial charge in [-0.05, 0) is 38.0 Å². The van der Waals surface area contributed by atoms with Gasteiger partial charge in [0, 0.05) is 37.3 Å². The molecule has 3 aromatic heterocycles. The molecule has 1 amide bonds. The summed E-state index contributed by atoms with van der Waals surface area (Å²) < 4.78 is 49.0. The first kappa shape index (κ1) is 23.6. The van der Waals surface area contributed by atoms with Crippen LogP contribution in [0.25, 0.3) is 0 Å². The largest absolute Gasteiger partial charge is 0.469 e. The number of rotatable bonds is 8. The van der Waals surface area contributed by atoms with Crippen molar-refractivity contribution in [2.75, 3.05) is 24.6 Å². The summed E-state index contributed by atoms with van der Waals surface area (Å²) in [5.74, 6) is 1.25. The Balaban J connectivity index is 1.55. The molecule has 0 spiro atoms. The van der Waals surface area contributed by atoms with Crippen LogP contribution in [-0.2, 0) is 6.54 Å². The molecule has 1 aliphatic heterocycles. The Morgan fingerprint density at radius 2 is 2.12 bits per heavy atom. The summed E-state index contributed by atoms with van der Waals surface area (Å²) in [6, 6.07) is 6.66. The van der Waals surface area contributed by atoms with Crippen molar-refractivity contribution < 1.29 is 27.1 Å². The fourth-order valence-electron chi connectivity index (χ4n) is 3.79. The zero-order valence-corrected chi connectivity index (χ0v) is 18.7. The second kappa shape index (κ2) is 9.74. The summed E-state index contributed by atoms with van der Waals surface area (Å²) in [6.45, 7) is 3.84. The van der Waals surface area contributed by atoms with Gasteiger partial charge in [-0.1, -0.05) is 6.07 Å². The first-order chi connectivity index (χ1) is 16.2. The normalized spacial score (nSPS) is 16.3. The maximum Gasteiger partial charge on any atom is 0.422 e. The summed E-state index contributed by atoms with van der Waals surface area (Å²) in [7, 11) is 0. The Morgan fingerprint density at radius 3 is 2.76 bits per heavy atom. The zero-order valence-electron chi connectivity index (χ0n) is 18.7. The van der Waals surface area contributed by atoms with Gasteiger partial charge < -0.3 is 19.4 Å². The third-order valence-electron chi connectivity index (χ3n) is 5.29. The second-order valence-electron chi connectivity index (χ2n) is 8.39. The van der Waals surface area contributed by atoms with Crippen molar-refractivity contribution >= 4 is 11.9 Å². The quantitative estimate of drug-likeness (QED) is 0.530. The summed E-state index contributed by atoms with van der Waals surface area (Å²) in [4.78, 5) is 18.8. The number of carbonyl (C=O) groups excluding carboxylic acids is 1. The van der Waals surface area contributed by atoms with Crippen molar-refractivity contribution in [3.8, 4) is 5.88 Å². The van der Waals surface area contributed by atoms with Crippen LogP contribution in [0.15, 0.2) is 41.1 Å². The Labute approximate surface area is 193 Å². The molecule has 1 fully saturated rings. The van der Waals surface area contributed by atoms with Gasteiger partial charge in [0.15, 0.2) is 6.61 Å². The van der Waals surface area contributed by atoms with Crippen molar-refractivity contribution in [2.45, 2.75) is 44.9 Å². The van der Waals surface area contributed by atoms with Crippen LogP contribution in [0.3, 0.4) is 0 Å². The highest BCUT2D eigenvalue weighted by Crippen LogP contribution is 2.31. The van der Waals surface area contributed by atoms with E-state index >= 15 is 0 Å². The third-order valence-corrected chi connectivity index (χ3v) is 5.29. The third kappa shape index (κ3) is 5.67. The number of hydrogen-bond donors (Lipinski definition) is 1. The fraction of sp³-hybridized carbons (Fsp3) is 0.455. The average molecular weight is 478 g/mol. The molecule has 1 aliphatic rings. The van der Waals surface area contributed by atoms with Crippen molar-refractivity contribution in [2.24, 2.45) is 0 Å². The molecule has 1 N–H and O–H groups in total. The van der Waals surface area contributed by atoms with Gasteiger partial charge in [0.2, 0.25) is 17.7 Å².